The molecule has 0 fully saturated rings. The third-order valence-corrected chi connectivity index (χ3v) is 1.96. The van der Waals surface area contributed by atoms with E-state index in [9.17, 15) is 0 Å². The third kappa shape index (κ3) is 2.74. The van der Waals surface area contributed by atoms with Gasteiger partial charge in [-0.3, -0.25) is 0 Å². The van der Waals surface area contributed by atoms with Crippen LogP contribution in [-0.4, -0.2) is 17.1 Å². The Kier molecular flexibility index (Phi) is 3.46. The monoisotopic (exact) mass is 260 g/mol. The molecule has 0 bridgehead atoms. The lowest BCUT2D eigenvalue weighted by Gasteiger charge is -2.09. The summed E-state index contributed by atoms with van der Waals surface area (Å²) < 4.78 is 3.16. The molecule has 0 aromatic carbocycles. The molecule has 0 saturated carbocycles. The van der Waals surface area contributed by atoms with Crippen molar-refractivity contribution in [2.75, 3.05) is 7.11 Å². The predicted molar refractivity (Wildman–Crippen MR) is 52.8 cm³/mol. The van der Waals surface area contributed by atoms with Gasteiger partial charge in [0.25, 0.3) is 0 Å². The number of halogens is 4. The number of methoxy groups -OCH3 is 1. The van der Waals surface area contributed by atoms with Gasteiger partial charge >= 0.3 is 0 Å². The molecule has 0 aliphatic carbocycles. The molecular weight excluding hydrogens is 258 g/mol. The molecule has 0 aliphatic rings. The highest BCUT2D eigenvalue weighted by Crippen LogP contribution is 2.37. The molecule has 1 rings (SSSR count). The van der Waals surface area contributed by atoms with E-state index in [2.05, 4.69) is 9.97 Å². The van der Waals surface area contributed by atoms with Crippen LogP contribution in [0.3, 0.4) is 0 Å². The largest absolute Gasteiger partial charge is 0.492 e. The minimum atomic E-state index is -1.67. The molecule has 7 heteroatoms. The number of ether oxygens (including phenoxy) is 1. The number of nitrogens with zero attached hydrogens (tertiary/aromatic N) is 2. The van der Waals surface area contributed by atoms with Gasteiger partial charge in [0.2, 0.25) is 3.79 Å². The zero-order valence-corrected chi connectivity index (χ0v) is 9.42. The van der Waals surface area contributed by atoms with Gasteiger partial charge in [-0.25, -0.2) is 9.97 Å². The van der Waals surface area contributed by atoms with Crippen LogP contribution in [-0.2, 0) is 3.79 Å². The highest BCUT2D eigenvalue weighted by Gasteiger charge is 2.27. The summed E-state index contributed by atoms with van der Waals surface area (Å²) in [5.41, 5.74) is 0. The molecule has 1 heterocycles. The number of aromatic nitrogens is 2. The second kappa shape index (κ2) is 4.05. The van der Waals surface area contributed by atoms with Crippen molar-refractivity contribution in [3.05, 3.63) is 17.2 Å². The maximum absolute atomic E-state index is 5.68. The van der Waals surface area contributed by atoms with Crippen LogP contribution < -0.4 is 4.74 Å². The molecule has 0 unspecified atom stereocenters. The molecule has 72 valence electrons. The fraction of sp³-hybridized carbons (Fsp3) is 0.333. The first-order valence-electron chi connectivity index (χ1n) is 3.09. The van der Waals surface area contributed by atoms with Crippen LogP contribution in [0.4, 0.5) is 0 Å². The minimum absolute atomic E-state index is 0.0169. The van der Waals surface area contributed by atoms with Crippen LogP contribution in [0.1, 0.15) is 5.82 Å². The molecule has 0 N–H and O–H groups in total. The van der Waals surface area contributed by atoms with E-state index < -0.39 is 3.79 Å². The number of hydrogen-bond acceptors (Lipinski definition) is 3. The van der Waals surface area contributed by atoms with Gasteiger partial charge in [-0.1, -0.05) is 46.4 Å². The number of rotatable bonds is 1. The van der Waals surface area contributed by atoms with Gasteiger partial charge in [0, 0.05) is 0 Å². The van der Waals surface area contributed by atoms with E-state index in [1.165, 1.54) is 13.3 Å². The maximum atomic E-state index is 5.68. The summed E-state index contributed by atoms with van der Waals surface area (Å²) in [4.78, 5) is 7.51. The van der Waals surface area contributed by atoms with Crippen molar-refractivity contribution in [2.24, 2.45) is 0 Å². The van der Waals surface area contributed by atoms with E-state index in [1.54, 1.807) is 0 Å². The Morgan fingerprint density at radius 1 is 1.38 bits per heavy atom. The lowest BCUT2D eigenvalue weighted by atomic mass is 10.5. The van der Waals surface area contributed by atoms with E-state index in [0.29, 0.717) is 5.75 Å². The Bertz CT molecular complexity index is 312. The highest BCUT2D eigenvalue weighted by atomic mass is 35.6. The Balaban J connectivity index is 3.10. The van der Waals surface area contributed by atoms with Gasteiger partial charge < -0.3 is 4.74 Å². The SMILES string of the molecule is COc1cnc(C(Cl)(Cl)Cl)nc1Cl. The summed E-state index contributed by atoms with van der Waals surface area (Å²) in [5.74, 6) is 0.350. The van der Waals surface area contributed by atoms with Gasteiger partial charge in [-0.15, -0.1) is 0 Å². The summed E-state index contributed by atoms with van der Waals surface area (Å²) in [6.07, 6.45) is 1.34. The van der Waals surface area contributed by atoms with Crippen molar-refractivity contribution in [3.63, 3.8) is 0 Å². The van der Waals surface area contributed by atoms with Crippen LogP contribution in [0.5, 0.6) is 5.75 Å². The fourth-order valence-corrected chi connectivity index (χ4v) is 1.10. The Hall–Kier alpha value is 0.0400. The molecule has 0 amide bonds. The van der Waals surface area contributed by atoms with Crippen molar-refractivity contribution in [1.29, 1.82) is 0 Å². The van der Waals surface area contributed by atoms with Crippen LogP contribution in [0, 0.1) is 0 Å². The Morgan fingerprint density at radius 2 is 2.00 bits per heavy atom. The number of alkyl halides is 3. The first-order chi connectivity index (χ1) is 5.95. The molecule has 0 atom stereocenters. The fourth-order valence-electron chi connectivity index (χ4n) is 0.623. The average Bonchev–Trinajstić information content (AvgIpc) is 2.02. The van der Waals surface area contributed by atoms with Crippen LogP contribution in [0.2, 0.25) is 5.15 Å². The van der Waals surface area contributed by atoms with E-state index in [4.69, 9.17) is 51.1 Å². The first kappa shape index (κ1) is 11.1. The van der Waals surface area contributed by atoms with Gasteiger partial charge in [-0.05, 0) is 0 Å². The van der Waals surface area contributed by atoms with Crippen molar-refractivity contribution in [3.8, 4) is 5.75 Å². The zero-order valence-electron chi connectivity index (χ0n) is 6.39. The maximum Gasteiger partial charge on any atom is 0.250 e. The van der Waals surface area contributed by atoms with Gasteiger partial charge in [0.05, 0.1) is 13.3 Å². The second-order valence-corrected chi connectivity index (χ2v) is 4.69. The third-order valence-electron chi connectivity index (χ3n) is 1.18. The summed E-state index contributed by atoms with van der Waals surface area (Å²) >= 11 is 22.3. The average molecular weight is 262 g/mol. The molecular formula is C6H4Cl4N2O. The molecule has 13 heavy (non-hydrogen) atoms. The molecule has 0 radical (unpaired) electrons. The van der Waals surface area contributed by atoms with E-state index >= 15 is 0 Å². The number of hydrogen-bond donors (Lipinski definition) is 0. The standard InChI is InChI=1S/C6H4Cl4N2O/c1-13-3-2-11-5(6(8,9)10)12-4(3)7/h2H,1H3. The lowest BCUT2D eigenvalue weighted by molar-refractivity contribution is 0.410. The molecule has 0 spiro atoms. The van der Waals surface area contributed by atoms with Crippen LogP contribution >= 0.6 is 46.4 Å². The van der Waals surface area contributed by atoms with Crippen molar-refractivity contribution < 1.29 is 4.74 Å². The summed E-state index contributed by atoms with van der Waals surface area (Å²) in [7, 11) is 1.44. The van der Waals surface area contributed by atoms with Crippen LogP contribution in [0.15, 0.2) is 6.20 Å². The molecule has 1 aromatic heterocycles. The van der Waals surface area contributed by atoms with Gasteiger partial charge in [0.1, 0.15) is 0 Å². The molecule has 3 nitrogen and oxygen atoms in total. The summed E-state index contributed by atoms with van der Waals surface area (Å²) in [6, 6.07) is 0. The summed E-state index contributed by atoms with van der Waals surface area (Å²) in [5, 5.41) is 0.110. The van der Waals surface area contributed by atoms with Crippen LogP contribution in [0.25, 0.3) is 0 Å². The van der Waals surface area contributed by atoms with Crippen molar-refractivity contribution in [2.45, 2.75) is 3.79 Å². The van der Waals surface area contributed by atoms with Crippen molar-refractivity contribution >= 4 is 46.4 Å². The molecule has 0 aliphatic heterocycles. The minimum Gasteiger partial charge on any atom is -0.492 e. The summed E-state index contributed by atoms with van der Waals surface area (Å²) in [6.45, 7) is 0. The molecule has 1 aromatic rings. The second-order valence-electron chi connectivity index (χ2n) is 2.05. The van der Waals surface area contributed by atoms with Gasteiger partial charge in [0.15, 0.2) is 16.7 Å². The smallest absolute Gasteiger partial charge is 0.250 e. The highest BCUT2D eigenvalue weighted by molar-refractivity contribution is 6.66. The van der Waals surface area contributed by atoms with Gasteiger partial charge in [-0.2, -0.15) is 0 Å². The van der Waals surface area contributed by atoms with E-state index in [-0.39, 0.29) is 11.0 Å². The zero-order chi connectivity index (χ0) is 10.1. The Morgan fingerprint density at radius 3 is 2.38 bits per heavy atom. The predicted octanol–water partition coefficient (Wildman–Crippen LogP) is 2.97. The lowest BCUT2D eigenvalue weighted by Crippen LogP contribution is -2.07. The van der Waals surface area contributed by atoms with E-state index in [0.717, 1.165) is 0 Å². The van der Waals surface area contributed by atoms with Crippen molar-refractivity contribution in [1.82, 2.24) is 9.97 Å². The first-order valence-corrected chi connectivity index (χ1v) is 4.60. The quantitative estimate of drug-likeness (QED) is 0.576. The topological polar surface area (TPSA) is 35.0 Å². The normalized spacial score (nSPS) is 11.5. The Labute approximate surface area is 94.9 Å². The van der Waals surface area contributed by atoms with E-state index in [1.807, 2.05) is 0 Å². The molecule has 0 saturated heterocycles.